The first-order valence-corrected chi connectivity index (χ1v) is 9.42. The summed E-state index contributed by atoms with van der Waals surface area (Å²) in [6.45, 7) is 1.26. The van der Waals surface area contributed by atoms with E-state index in [4.69, 9.17) is 9.47 Å². The van der Waals surface area contributed by atoms with Gasteiger partial charge in [-0.05, 0) is 43.2 Å². The Labute approximate surface area is 161 Å². The molecule has 1 unspecified atom stereocenters. The van der Waals surface area contributed by atoms with E-state index in [0.717, 1.165) is 17.3 Å². The average molecular weight is 422 g/mol. The molecule has 1 atom stereocenters. The van der Waals surface area contributed by atoms with Crippen molar-refractivity contribution in [3.63, 3.8) is 0 Å². The lowest BCUT2D eigenvalue weighted by atomic mass is 10.1. The Kier molecular flexibility index (Phi) is 6.63. The van der Waals surface area contributed by atoms with Crippen molar-refractivity contribution in [2.75, 3.05) is 19.8 Å². The maximum absolute atomic E-state index is 14.0. The van der Waals surface area contributed by atoms with E-state index in [-0.39, 0.29) is 31.0 Å². The summed E-state index contributed by atoms with van der Waals surface area (Å²) in [6.07, 6.45) is 1.90. The van der Waals surface area contributed by atoms with Gasteiger partial charge in [-0.2, -0.15) is 0 Å². The third-order valence-corrected chi connectivity index (χ3v) is 4.82. The molecular formula is C20H21BrFNO3. The van der Waals surface area contributed by atoms with Gasteiger partial charge in [-0.15, -0.1) is 0 Å². The van der Waals surface area contributed by atoms with Crippen molar-refractivity contribution >= 4 is 21.8 Å². The molecule has 0 spiro atoms. The molecule has 0 saturated carbocycles. The Bertz CT molecular complexity index is 732. The minimum absolute atomic E-state index is 0.00148. The first-order valence-electron chi connectivity index (χ1n) is 8.63. The van der Waals surface area contributed by atoms with Crippen LogP contribution in [0.2, 0.25) is 0 Å². The highest BCUT2D eigenvalue weighted by Crippen LogP contribution is 2.18. The fourth-order valence-electron chi connectivity index (χ4n) is 2.89. The second-order valence-electron chi connectivity index (χ2n) is 6.24. The fourth-order valence-corrected chi connectivity index (χ4v) is 3.15. The van der Waals surface area contributed by atoms with E-state index in [0.29, 0.717) is 24.5 Å². The van der Waals surface area contributed by atoms with Crippen LogP contribution in [0.4, 0.5) is 4.39 Å². The van der Waals surface area contributed by atoms with Crippen molar-refractivity contribution in [3.8, 4) is 5.75 Å². The minimum atomic E-state index is -0.313. The third-order valence-electron chi connectivity index (χ3n) is 4.30. The standard InChI is InChI=1S/C20H21BrFNO3/c21-16-7-9-17(10-8-16)26-14-20(24)23(13-18-5-3-11-25-18)12-15-4-1-2-6-19(15)22/h1-2,4,6-10,18H,3,5,11-14H2. The topological polar surface area (TPSA) is 38.8 Å². The summed E-state index contributed by atoms with van der Waals surface area (Å²) < 4.78 is 26.2. The van der Waals surface area contributed by atoms with Gasteiger partial charge in [0.15, 0.2) is 6.61 Å². The molecule has 0 aliphatic carbocycles. The average Bonchev–Trinajstić information content (AvgIpc) is 3.15. The summed E-state index contributed by atoms with van der Waals surface area (Å²) in [7, 11) is 0. The summed E-state index contributed by atoms with van der Waals surface area (Å²) >= 11 is 3.36. The van der Waals surface area contributed by atoms with Crippen molar-refractivity contribution in [2.45, 2.75) is 25.5 Å². The Morgan fingerprint density at radius 2 is 2.00 bits per heavy atom. The SMILES string of the molecule is O=C(COc1ccc(Br)cc1)N(Cc1ccccc1F)CC1CCCO1. The molecule has 1 heterocycles. The number of nitrogens with zero attached hydrogens (tertiary/aromatic N) is 1. The largest absolute Gasteiger partial charge is 0.484 e. The normalized spacial score (nSPS) is 16.5. The lowest BCUT2D eigenvalue weighted by molar-refractivity contribution is -0.135. The van der Waals surface area contributed by atoms with Crippen LogP contribution in [-0.2, 0) is 16.1 Å². The first-order chi connectivity index (χ1) is 12.6. The predicted molar refractivity (Wildman–Crippen MR) is 100 cm³/mol. The number of rotatable bonds is 7. The van der Waals surface area contributed by atoms with Gasteiger partial charge in [0.1, 0.15) is 11.6 Å². The molecule has 0 bridgehead atoms. The fraction of sp³-hybridized carbons (Fsp3) is 0.350. The van der Waals surface area contributed by atoms with E-state index >= 15 is 0 Å². The van der Waals surface area contributed by atoms with Crippen molar-refractivity contribution in [1.29, 1.82) is 0 Å². The quantitative estimate of drug-likeness (QED) is 0.672. The van der Waals surface area contributed by atoms with Gasteiger partial charge in [-0.25, -0.2) is 4.39 Å². The smallest absolute Gasteiger partial charge is 0.260 e. The maximum atomic E-state index is 14.0. The molecule has 6 heteroatoms. The Balaban J connectivity index is 1.65. The zero-order chi connectivity index (χ0) is 18.4. The molecule has 2 aromatic carbocycles. The molecule has 1 saturated heterocycles. The Hall–Kier alpha value is -1.92. The van der Waals surface area contributed by atoms with Crippen LogP contribution in [0.1, 0.15) is 18.4 Å². The van der Waals surface area contributed by atoms with Crippen LogP contribution in [0.3, 0.4) is 0 Å². The van der Waals surface area contributed by atoms with Crippen LogP contribution >= 0.6 is 15.9 Å². The van der Waals surface area contributed by atoms with Gasteiger partial charge in [0, 0.05) is 29.7 Å². The van der Waals surface area contributed by atoms with Crippen LogP contribution < -0.4 is 4.74 Å². The van der Waals surface area contributed by atoms with E-state index in [1.165, 1.54) is 6.07 Å². The molecule has 1 aliphatic rings. The number of carbonyl (C=O) groups is 1. The summed E-state index contributed by atoms with van der Waals surface area (Å²) in [5, 5.41) is 0. The highest BCUT2D eigenvalue weighted by atomic mass is 79.9. The highest BCUT2D eigenvalue weighted by molar-refractivity contribution is 9.10. The molecular weight excluding hydrogens is 401 g/mol. The van der Waals surface area contributed by atoms with Gasteiger partial charge in [0.25, 0.3) is 5.91 Å². The van der Waals surface area contributed by atoms with Crippen molar-refractivity contribution < 1.29 is 18.7 Å². The molecule has 1 amide bonds. The van der Waals surface area contributed by atoms with Crippen LogP contribution in [0.15, 0.2) is 53.0 Å². The minimum Gasteiger partial charge on any atom is -0.484 e. The Morgan fingerprint density at radius 1 is 1.23 bits per heavy atom. The van der Waals surface area contributed by atoms with E-state index < -0.39 is 0 Å². The van der Waals surface area contributed by atoms with Crippen LogP contribution in [0.5, 0.6) is 5.75 Å². The molecule has 4 nitrogen and oxygen atoms in total. The second-order valence-corrected chi connectivity index (χ2v) is 7.16. The van der Waals surface area contributed by atoms with Gasteiger partial charge < -0.3 is 14.4 Å². The number of ether oxygens (including phenoxy) is 2. The van der Waals surface area contributed by atoms with Crippen molar-refractivity contribution in [3.05, 3.63) is 64.4 Å². The number of benzene rings is 2. The molecule has 138 valence electrons. The molecule has 1 aliphatic heterocycles. The van der Waals surface area contributed by atoms with Crippen LogP contribution in [-0.4, -0.2) is 36.7 Å². The lowest BCUT2D eigenvalue weighted by Crippen LogP contribution is -2.39. The number of carbonyl (C=O) groups excluding carboxylic acids is 1. The second kappa shape index (κ2) is 9.14. The monoisotopic (exact) mass is 421 g/mol. The van der Waals surface area contributed by atoms with Crippen LogP contribution in [0, 0.1) is 5.82 Å². The van der Waals surface area contributed by atoms with Gasteiger partial charge in [0.05, 0.1) is 6.10 Å². The zero-order valence-electron chi connectivity index (χ0n) is 14.4. The van der Waals surface area contributed by atoms with Gasteiger partial charge >= 0.3 is 0 Å². The highest BCUT2D eigenvalue weighted by Gasteiger charge is 2.23. The number of hydrogen-bond donors (Lipinski definition) is 0. The molecule has 3 rings (SSSR count). The number of halogens is 2. The van der Waals surface area contributed by atoms with Crippen LogP contribution in [0.25, 0.3) is 0 Å². The van der Waals surface area contributed by atoms with E-state index in [1.807, 2.05) is 12.1 Å². The first kappa shape index (κ1) is 18.9. The summed E-state index contributed by atoms with van der Waals surface area (Å²) in [6, 6.07) is 13.8. The number of hydrogen-bond acceptors (Lipinski definition) is 3. The molecule has 0 radical (unpaired) electrons. The zero-order valence-corrected chi connectivity index (χ0v) is 16.0. The summed E-state index contributed by atoms with van der Waals surface area (Å²) in [5.41, 5.74) is 0.488. The molecule has 0 aromatic heterocycles. The molecule has 0 N–H and O–H groups in total. The van der Waals surface area contributed by atoms with E-state index in [2.05, 4.69) is 15.9 Å². The molecule has 1 fully saturated rings. The van der Waals surface area contributed by atoms with Gasteiger partial charge in [-0.1, -0.05) is 34.1 Å². The number of amides is 1. The maximum Gasteiger partial charge on any atom is 0.260 e. The van der Waals surface area contributed by atoms with Gasteiger partial charge in [0.2, 0.25) is 0 Å². The van der Waals surface area contributed by atoms with Crippen molar-refractivity contribution in [2.24, 2.45) is 0 Å². The summed E-state index contributed by atoms with van der Waals surface area (Å²) in [4.78, 5) is 14.3. The Morgan fingerprint density at radius 3 is 2.69 bits per heavy atom. The lowest BCUT2D eigenvalue weighted by Gasteiger charge is -2.26. The van der Waals surface area contributed by atoms with Crippen molar-refractivity contribution in [1.82, 2.24) is 4.90 Å². The van der Waals surface area contributed by atoms with E-state index in [9.17, 15) is 9.18 Å². The molecule has 26 heavy (non-hydrogen) atoms. The predicted octanol–water partition coefficient (Wildman–Crippen LogP) is 4.17. The third kappa shape index (κ3) is 5.29. The van der Waals surface area contributed by atoms with E-state index in [1.54, 1.807) is 35.2 Å². The molecule has 2 aromatic rings. The van der Waals surface area contributed by atoms with Gasteiger partial charge in [-0.3, -0.25) is 4.79 Å². The summed E-state index contributed by atoms with van der Waals surface area (Å²) in [5.74, 6) is 0.114.